The van der Waals surface area contributed by atoms with Crippen LogP contribution in [-0.4, -0.2) is 28.3 Å². The van der Waals surface area contributed by atoms with Gasteiger partial charge in [0, 0.05) is 19.2 Å². The van der Waals surface area contributed by atoms with Gasteiger partial charge in [0.2, 0.25) is 0 Å². The Labute approximate surface area is 148 Å². The van der Waals surface area contributed by atoms with E-state index in [9.17, 15) is 18.0 Å². The number of hydrogen-bond donors (Lipinski definition) is 1. The van der Waals surface area contributed by atoms with Gasteiger partial charge in [-0.15, -0.1) is 0 Å². The van der Waals surface area contributed by atoms with Crippen molar-refractivity contribution < 1.29 is 18.0 Å². The Hall–Kier alpha value is -2.90. The van der Waals surface area contributed by atoms with Crippen LogP contribution in [0.5, 0.6) is 0 Å². The van der Waals surface area contributed by atoms with E-state index in [0.29, 0.717) is 18.5 Å². The molecular weight excluding hydrogens is 345 g/mol. The predicted molar refractivity (Wildman–Crippen MR) is 90.5 cm³/mol. The van der Waals surface area contributed by atoms with Crippen molar-refractivity contribution in [3.63, 3.8) is 0 Å². The summed E-state index contributed by atoms with van der Waals surface area (Å²) >= 11 is 0. The fourth-order valence-corrected chi connectivity index (χ4v) is 2.52. The van der Waals surface area contributed by atoms with E-state index in [4.69, 9.17) is 0 Å². The van der Waals surface area contributed by atoms with Crippen LogP contribution < -0.4 is 5.32 Å². The predicted octanol–water partition coefficient (Wildman–Crippen LogP) is 3.73. The van der Waals surface area contributed by atoms with E-state index < -0.39 is 17.9 Å². The standard InChI is InChI=1S/C18H17F3N4O/c1-12-2-5-14(6-3-12)15-8-9-25(24-15)17(26)23-11-13-4-7-16(22-10-13)18(19,20)21/h2-7,10H,8-9,11H2,1H3,(H,23,26). The van der Waals surface area contributed by atoms with E-state index in [-0.39, 0.29) is 6.54 Å². The zero-order valence-electron chi connectivity index (χ0n) is 14.0. The summed E-state index contributed by atoms with van der Waals surface area (Å²) in [6.07, 6.45) is -2.72. The number of pyridine rings is 1. The molecule has 5 nitrogen and oxygen atoms in total. The van der Waals surface area contributed by atoms with Gasteiger partial charge in [0.15, 0.2) is 0 Å². The summed E-state index contributed by atoms with van der Waals surface area (Å²) in [6, 6.07) is 9.68. The van der Waals surface area contributed by atoms with Gasteiger partial charge in [0.25, 0.3) is 0 Å². The van der Waals surface area contributed by atoms with E-state index in [2.05, 4.69) is 15.4 Å². The molecule has 2 amide bonds. The highest BCUT2D eigenvalue weighted by molar-refractivity contribution is 6.02. The first-order chi connectivity index (χ1) is 12.3. The SMILES string of the molecule is Cc1ccc(C2=NN(C(=O)NCc3ccc(C(F)(F)F)nc3)CC2)cc1. The maximum Gasteiger partial charge on any atom is 0.433 e. The number of carbonyl (C=O) groups excluding carboxylic acids is 1. The van der Waals surface area contributed by atoms with Crippen LogP contribution in [0.25, 0.3) is 0 Å². The fourth-order valence-electron chi connectivity index (χ4n) is 2.52. The summed E-state index contributed by atoms with van der Waals surface area (Å²) in [5.74, 6) is 0. The molecule has 0 fully saturated rings. The Morgan fingerprint density at radius 2 is 1.92 bits per heavy atom. The van der Waals surface area contributed by atoms with Crippen LogP contribution in [0.1, 0.15) is 28.8 Å². The van der Waals surface area contributed by atoms with Crippen molar-refractivity contribution in [1.29, 1.82) is 0 Å². The molecule has 1 N–H and O–H groups in total. The average Bonchev–Trinajstić information content (AvgIpc) is 3.10. The number of alkyl halides is 3. The van der Waals surface area contributed by atoms with Crippen molar-refractivity contribution in [3.8, 4) is 0 Å². The van der Waals surface area contributed by atoms with Crippen molar-refractivity contribution in [1.82, 2.24) is 15.3 Å². The zero-order chi connectivity index (χ0) is 18.7. The second-order valence-corrected chi connectivity index (χ2v) is 5.99. The zero-order valence-corrected chi connectivity index (χ0v) is 14.0. The summed E-state index contributed by atoms with van der Waals surface area (Å²) in [5, 5.41) is 8.29. The van der Waals surface area contributed by atoms with Gasteiger partial charge in [-0.2, -0.15) is 18.3 Å². The third-order valence-corrected chi connectivity index (χ3v) is 3.98. The first kappa shape index (κ1) is 17.9. The molecule has 1 aromatic carbocycles. The normalized spacial score (nSPS) is 14.3. The molecule has 2 aromatic rings. The molecule has 0 atom stereocenters. The van der Waals surface area contributed by atoms with Gasteiger partial charge in [-0.1, -0.05) is 35.9 Å². The average molecular weight is 362 g/mol. The van der Waals surface area contributed by atoms with Gasteiger partial charge in [0.1, 0.15) is 5.69 Å². The molecule has 26 heavy (non-hydrogen) atoms. The van der Waals surface area contributed by atoms with Crippen molar-refractivity contribution >= 4 is 11.7 Å². The lowest BCUT2D eigenvalue weighted by molar-refractivity contribution is -0.141. The molecule has 136 valence electrons. The largest absolute Gasteiger partial charge is 0.433 e. The quantitative estimate of drug-likeness (QED) is 0.905. The minimum absolute atomic E-state index is 0.0792. The molecule has 1 aromatic heterocycles. The maximum atomic E-state index is 12.5. The number of halogens is 3. The number of aryl methyl sites for hydroxylation is 1. The summed E-state index contributed by atoms with van der Waals surface area (Å²) in [5.41, 5.74) is 2.47. The molecule has 1 aliphatic rings. The third kappa shape index (κ3) is 4.19. The van der Waals surface area contributed by atoms with Gasteiger partial charge >= 0.3 is 12.2 Å². The molecule has 0 saturated carbocycles. The topological polar surface area (TPSA) is 57.6 Å². The van der Waals surface area contributed by atoms with Gasteiger partial charge < -0.3 is 5.32 Å². The number of nitrogens with one attached hydrogen (secondary N) is 1. The molecular formula is C18H17F3N4O. The van der Waals surface area contributed by atoms with E-state index in [1.165, 1.54) is 11.1 Å². The van der Waals surface area contributed by atoms with Crippen molar-refractivity contribution in [2.45, 2.75) is 26.1 Å². The molecule has 0 spiro atoms. The van der Waals surface area contributed by atoms with E-state index in [1.807, 2.05) is 31.2 Å². The van der Waals surface area contributed by atoms with E-state index in [1.54, 1.807) is 0 Å². The summed E-state index contributed by atoms with van der Waals surface area (Å²) in [6.45, 7) is 2.53. The Balaban J connectivity index is 1.58. The molecule has 2 heterocycles. The van der Waals surface area contributed by atoms with E-state index in [0.717, 1.165) is 29.1 Å². The van der Waals surface area contributed by atoms with Crippen LogP contribution in [0.4, 0.5) is 18.0 Å². The maximum absolute atomic E-state index is 12.5. The van der Waals surface area contributed by atoms with Crippen molar-refractivity contribution in [2.24, 2.45) is 5.10 Å². The lowest BCUT2D eigenvalue weighted by Gasteiger charge is -2.13. The number of hydrazone groups is 1. The highest BCUT2D eigenvalue weighted by Gasteiger charge is 2.32. The minimum Gasteiger partial charge on any atom is -0.332 e. The van der Waals surface area contributed by atoms with Crippen LogP contribution >= 0.6 is 0 Å². The number of rotatable bonds is 3. The third-order valence-electron chi connectivity index (χ3n) is 3.98. The van der Waals surface area contributed by atoms with Gasteiger partial charge in [-0.05, 0) is 24.1 Å². The molecule has 0 unspecified atom stereocenters. The molecule has 0 radical (unpaired) electrons. The highest BCUT2D eigenvalue weighted by atomic mass is 19.4. The summed E-state index contributed by atoms with van der Waals surface area (Å²) in [7, 11) is 0. The van der Waals surface area contributed by atoms with Crippen LogP contribution in [0, 0.1) is 6.92 Å². The number of urea groups is 1. The summed E-state index contributed by atoms with van der Waals surface area (Å²) in [4.78, 5) is 15.5. The number of benzene rings is 1. The van der Waals surface area contributed by atoms with Gasteiger partial charge in [-0.25, -0.2) is 9.80 Å². The Morgan fingerprint density at radius 3 is 2.54 bits per heavy atom. The molecule has 0 bridgehead atoms. The van der Waals surface area contributed by atoms with Crippen LogP contribution in [0.15, 0.2) is 47.7 Å². The lowest BCUT2D eigenvalue weighted by atomic mass is 10.1. The van der Waals surface area contributed by atoms with Crippen LogP contribution in [0.3, 0.4) is 0 Å². The smallest absolute Gasteiger partial charge is 0.332 e. The molecule has 0 saturated heterocycles. The molecule has 3 rings (SSSR count). The van der Waals surface area contributed by atoms with Gasteiger partial charge in [0.05, 0.1) is 12.3 Å². The minimum atomic E-state index is -4.47. The first-order valence-electron chi connectivity index (χ1n) is 8.05. The Bertz CT molecular complexity index is 814. The molecule has 8 heteroatoms. The fraction of sp³-hybridized carbons (Fsp3) is 0.278. The summed E-state index contributed by atoms with van der Waals surface area (Å²) < 4.78 is 37.4. The van der Waals surface area contributed by atoms with Crippen LogP contribution in [0.2, 0.25) is 0 Å². The van der Waals surface area contributed by atoms with Crippen molar-refractivity contribution in [3.05, 3.63) is 65.0 Å². The second-order valence-electron chi connectivity index (χ2n) is 5.99. The second kappa shape index (κ2) is 7.15. The van der Waals surface area contributed by atoms with Gasteiger partial charge in [-0.3, -0.25) is 4.98 Å². The number of carbonyl (C=O) groups is 1. The van der Waals surface area contributed by atoms with Crippen LogP contribution in [-0.2, 0) is 12.7 Å². The first-order valence-corrected chi connectivity index (χ1v) is 8.05. The number of nitrogens with zero attached hydrogens (tertiary/aromatic N) is 3. The Morgan fingerprint density at radius 1 is 1.19 bits per heavy atom. The number of amides is 2. The number of hydrogen-bond acceptors (Lipinski definition) is 3. The van der Waals surface area contributed by atoms with E-state index >= 15 is 0 Å². The monoisotopic (exact) mass is 362 g/mol. The lowest BCUT2D eigenvalue weighted by Crippen LogP contribution is -2.34. The molecule has 1 aliphatic heterocycles. The number of aromatic nitrogens is 1. The molecule has 0 aliphatic carbocycles. The van der Waals surface area contributed by atoms with Crippen molar-refractivity contribution in [2.75, 3.05) is 6.54 Å². The highest BCUT2D eigenvalue weighted by Crippen LogP contribution is 2.27. The Kier molecular flexibility index (Phi) is 4.92.